The summed E-state index contributed by atoms with van der Waals surface area (Å²) in [5.41, 5.74) is 0.970. The number of hydrogen-bond donors (Lipinski definition) is 3. The van der Waals surface area contributed by atoms with Gasteiger partial charge in [0, 0.05) is 0 Å². The molecule has 0 radical (unpaired) electrons. The minimum absolute atomic E-state index is 0.0763. The number of amides is 1. The molecule has 0 saturated heterocycles. The van der Waals surface area contributed by atoms with E-state index >= 15 is 0 Å². The van der Waals surface area contributed by atoms with E-state index in [4.69, 9.17) is 0 Å². The second kappa shape index (κ2) is 5.49. The van der Waals surface area contributed by atoms with E-state index in [2.05, 4.69) is 41.2 Å². The van der Waals surface area contributed by atoms with E-state index < -0.39 is 5.56 Å². The summed E-state index contributed by atoms with van der Waals surface area (Å²) in [6, 6.07) is 9.30. The molecule has 3 aromatic rings. The van der Waals surface area contributed by atoms with Gasteiger partial charge >= 0.3 is 0 Å². The summed E-state index contributed by atoms with van der Waals surface area (Å²) in [5.74, 6) is -0.189. The second-order valence-corrected chi connectivity index (χ2v) is 5.10. The van der Waals surface area contributed by atoms with Crippen molar-refractivity contribution in [2.75, 3.05) is 5.32 Å². The molecule has 1 aromatic carbocycles. The molecule has 2 aromatic heterocycles. The van der Waals surface area contributed by atoms with E-state index in [-0.39, 0.29) is 29.4 Å². The topological polar surface area (TPSA) is 104 Å². The lowest BCUT2D eigenvalue weighted by atomic mass is 10.1. The Hall–Kier alpha value is -2.48. The quantitative estimate of drug-likeness (QED) is 0.626. The lowest BCUT2D eigenvalue weighted by Crippen LogP contribution is -2.19. The molecular formula is C13H10BrN5O2. The lowest BCUT2D eigenvalue weighted by Gasteiger charge is -2.03. The predicted molar refractivity (Wildman–Crippen MR) is 81.0 cm³/mol. The molecule has 0 atom stereocenters. The number of aromatic nitrogens is 4. The van der Waals surface area contributed by atoms with Gasteiger partial charge in [0.2, 0.25) is 11.9 Å². The summed E-state index contributed by atoms with van der Waals surface area (Å²) in [6.07, 6.45) is 0.201. The number of rotatable bonds is 3. The Morgan fingerprint density at radius 3 is 2.71 bits per heavy atom. The van der Waals surface area contributed by atoms with Gasteiger partial charge in [0.05, 0.1) is 6.42 Å². The average molecular weight is 348 g/mol. The van der Waals surface area contributed by atoms with Crippen LogP contribution in [0.5, 0.6) is 0 Å². The molecule has 0 fully saturated rings. The van der Waals surface area contributed by atoms with Crippen LogP contribution in [0.15, 0.2) is 39.9 Å². The number of carbonyl (C=O) groups excluding carboxylic acids is 1. The molecular weight excluding hydrogens is 338 g/mol. The van der Waals surface area contributed by atoms with Gasteiger partial charge in [-0.3, -0.25) is 19.9 Å². The number of anilines is 1. The van der Waals surface area contributed by atoms with Crippen LogP contribution in [0.2, 0.25) is 0 Å². The molecule has 7 nitrogen and oxygen atoms in total. The molecule has 2 heterocycles. The zero-order valence-electron chi connectivity index (χ0n) is 10.7. The largest absolute Gasteiger partial charge is 0.327 e. The predicted octanol–water partition coefficient (Wildman–Crippen LogP) is 1.59. The lowest BCUT2D eigenvalue weighted by molar-refractivity contribution is -0.115. The van der Waals surface area contributed by atoms with E-state index in [0.717, 1.165) is 5.56 Å². The smallest absolute Gasteiger partial charge is 0.278 e. The summed E-state index contributed by atoms with van der Waals surface area (Å²) in [4.78, 5) is 37.0. The fourth-order valence-corrected chi connectivity index (χ4v) is 2.26. The van der Waals surface area contributed by atoms with Crippen molar-refractivity contribution >= 4 is 38.9 Å². The van der Waals surface area contributed by atoms with Crippen LogP contribution in [-0.4, -0.2) is 25.8 Å². The molecule has 3 N–H and O–H groups in total. The van der Waals surface area contributed by atoms with Crippen LogP contribution in [0.1, 0.15) is 5.56 Å². The van der Waals surface area contributed by atoms with Gasteiger partial charge in [-0.05, 0) is 21.5 Å². The van der Waals surface area contributed by atoms with Crippen molar-refractivity contribution in [1.29, 1.82) is 0 Å². The van der Waals surface area contributed by atoms with Gasteiger partial charge < -0.3 is 4.98 Å². The highest BCUT2D eigenvalue weighted by atomic mass is 79.9. The zero-order chi connectivity index (χ0) is 14.8. The number of benzene rings is 1. The third-order valence-electron chi connectivity index (χ3n) is 2.80. The normalized spacial score (nSPS) is 10.7. The van der Waals surface area contributed by atoms with Crippen molar-refractivity contribution in [2.24, 2.45) is 0 Å². The number of imidazole rings is 1. The summed E-state index contributed by atoms with van der Waals surface area (Å²) in [5, 5.41) is 2.56. The maximum atomic E-state index is 11.9. The van der Waals surface area contributed by atoms with Crippen molar-refractivity contribution in [1.82, 2.24) is 19.9 Å². The minimum Gasteiger partial charge on any atom is -0.327 e. The van der Waals surface area contributed by atoms with Crippen LogP contribution < -0.4 is 10.9 Å². The van der Waals surface area contributed by atoms with Crippen molar-refractivity contribution < 1.29 is 4.79 Å². The van der Waals surface area contributed by atoms with Gasteiger partial charge in [0.25, 0.3) is 5.56 Å². The monoisotopic (exact) mass is 347 g/mol. The summed E-state index contributed by atoms with van der Waals surface area (Å²) in [7, 11) is 0. The molecule has 0 aliphatic carbocycles. The van der Waals surface area contributed by atoms with Crippen LogP contribution in [0.25, 0.3) is 11.2 Å². The molecule has 0 saturated carbocycles. The van der Waals surface area contributed by atoms with E-state index in [9.17, 15) is 9.59 Å². The van der Waals surface area contributed by atoms with Crippen molar-refractivity contribution in [3.05, 3.63) is 51.0 Å². The number of hydrogen-bond acceptors (Lipinski definition) is 4. The SMILES string of the molecule is O=C(Cc1ccccc1)Nc1nc2nc(Br)[nH]c2c(=O)[nH]1. The number of halogens is 1. The van der Waals surface area contributed by atoms with Crippen molar-refractivity contribution in [3.63, 3.8) is 0 Å². The average Bonchev–Trinajstić information content (AvgIpc) is 2.81. The number of nitrogens with zero attached hydrogens (tertiary/aromatic N) is 2. The van der Waals surface area contributed by atoms with Gasteiger partial charge in [0.1, 0.15) is 0 Å². The Kier molecular flexibility index (Phi) is 3.53. The van der Waals surface area contributed by atoms with E-state index in [0.29, 0.717) is 4.73 Å². The number of fused-ring (bicyclic) bond motifs is 1. The number of H-pyrrole nitrogens is 2. The van der Waals surface area contributed by atoms with Gasteiger partial charge in [0.15, 0.2) is 15.9 Å². The zero-order valence-corrected chi connectivity index (χ0v) is 12.3. The number of aromatic amines is 2. The summed E-state index contributed by atoms with van der Waals surface area (Å²) < 4.78 is 0.406. The van der Waals surface area contributed by atoms with Gasteiger partial charge in [-0.2, -0.15) is 4.98 Å². The minimum atomic E-state index is -0.395. The van der Waals surface area contributed by atoms with Crippen molar-refractivity contribution in [2.45, 2.75) is 6.42 Å². The molecule has 106 valence electrons. The molecule has 0 aliphatic heterocycles. The fourth-order valence-electron chi connectivity index (χ4n) is 1.90. The number of nitrogens with one attached hydrogen (secondary N) is 3. The third-order valence-corrected chi connectivity index (χ3v) is 3.17. The number of carbonyl (C=O) groups is 1. The van der Waals surface area contributed by atoms with E-state index in [1.165, 1.54) is 0 Å². The molecule has 0 bridgehead atoms. The third kappa shape index (κ3) is 3.00. The highest BCUT2D eigenvalue weighted by Crippen LogP contribution is 2.10. The van der Waals surface area contributed by atoms with Gasteiger partial charge in [-0.25, -0.2) is 4.98 Å². The molecule has 3 rings (SSSR count). The molecule has 8 heteroatoms. The van der Waals surface area contributed by atoms with Crippen molar-refractivity contribution in [3.8, 4) is 0 Å². The Bertz CT molecular complexity index is 856. The molecule has 0 aliphatic rings. The Balaban J connectivity index is 1.81. The first-order valence-electron chi connectivity index (χ1n) is 6.11. The van der Waals surface area contributed by atoms with Gasteiger partial charge in [-0.1, -0.05) is 30.3 Å². The highest BCUT2D eigenvalue weighted by molar-refractivity contribution is 9.10. The van der Waals surface area contributed by atoms with Crippen LogP contribution in [0.3, 0.4) is 0 Å². The summed E-state index contributed by atoms with van der Waals surface area (Å²) in [6.45, 7) is 0. The molecule has 1 amide bonds. The van der Waals surface area contributed by atoms with Crippen LogP contribution in [-0.2, 0) is 11.2 Å². The molecule has 0 unspecified atom stereocenters. The van der Waals surface area contributed by atoms with E-state index in [1.54, 1.807) is 0 Å². The second-order valence-electron chi connectivity index (χ2n) is 4.35. The van der Waals surface area contributed by atoms with Crippen LogP contribution in [0.4, 0.5) is 5.95 Å². The first-order chi connectivity index (χ1) is 10.1. The molecule has 0 spiro atoms. The van der Waals surface area contributed by atoms with Crippen LogP contribution in [0, 0.1) is 0 Å². The maximum Gasteiger partial charge on any atom is 0.278 e. The highest BCUT2D eigenvalue weighted by Gasteiger charge is 2.10. The Morgan fingerprint density at radius 2 is 1.95 bits per heavy atom. The van der Waals surface area contributed by atoms with E-state index in [1.807, 2.05) is 30.3 Å². The fraction of sp³-hybridized carbons (Fsp3) is 0.0769. The standard InChI is InChI=1S/C13H10BrN5O2/c14-12-16-9-10(17-12)18-13(19-11(9)21)15-8(20)6-7-4-2-1-3-5-7/h1-5H,6H2,(H3,15,16,17,18,19,20,21). The first kappa shape index (κ1) is 13.5. The summed E-state index contributed by atoms with van der Waals surface area (Å²) >= 11 is 3.13. The first-order valence-corrected chi connectivity index (χ1v) is 6.90. The van der Waals surface area contributed by atoms with Crippen LogP contribution >= 0.6 is 15.9 Å². The maximum absolute atomic E-state index is 11.9. The Morgan fingerprint density at radius 1 is 1.19 bits per heavy atom. The molecule has 21 heavy (non-hydrogen) atoms. The Labute approximate surface area is 127 Å². The van der Waals surface area contributed by atoms with Gasteiger partial charge in [-0.15, -0.1) is 0 Å².